The highest BCUT2D eigenvalue weighted by Crippen LogP contribution is 2.35. The number of imidazole rings is 1. The standard InChI is InChI=1S/C17H15Cl3N2S2/c18-12-1-5-16(15(19)9-12)23-14(10-22-8-7-21-11-22)3-2-13-4-6-17(20)24-13/h1,4-9,11,14H,2-3,10H2. The predicted molar refractivity (Wildman–Crippen MR) is 106 cm³/mol. The predicted octanol–water partition coefficient (Wildman–Crippen LogP) is 6.70. The molecule has 0 aliphatic rings. The minimum Gasteiger partial charge on any atom is -0.336 e. The largest absolute Gasteiger partial charge is 0.336 e. The molecular weight excluding hydrogens is 403 g/mol. The summed E-state index contributed by atoms with van der Waals surface area (Å²) >= 11 is 21.8. The molecule has 0 aliphatic heterocycles. The first-order valence-corrected chi connectivity index (χ1v) is 10.2. The van der Waals surface area contributed by atoms with Gasteiger partial charge in [-0.25, -0.2) is 4.98 Å². The molecule has 0 amide bonds. The SMILES string of the molecule is Clc1ccc(SC(CCc2ccc(Cl)s2)Cn2ccnc2)c(Cl)c1. The highest BCUT2D eigenvalue weighted by atomic mass is 35.5. The van der Waals surface area contributed by atoms with Crippen LogP contribution in [-0.4, -0.2) is 14.8 Å². The number of thiophene rings is 1. The van der Waals surface area contributed by atoms with Crippen LogP contribution in [0.3, 0.4) is 0 Å². The molecule has 0 N–H and O–H groups in total. The molecule has 0 spiro atoms. The van der Waals surface area contributed by atoms with E-state index in [1.165, 1.54) is 4.88 Å². The average molecular weight is 418 g/mol. The molecule has 3 aromatic rings. The molecule has 2 nitrogen and oxygen atoms in total. The molecule has 1 unspecified atom stereocenters. The third-order valence-corrected chi connectivity index (χ3v) is 6.78. The van der Waals surface area contributed by atoms with Crippen molar-refractivity contribution < 1.29 is 0 Å². The maximum Gasteiger partial charge on any atom is 0.0946 e. The molecule has 2 aromatic heterocycles. The van der Waals surface area contributed by atoms with Gasteiger partial charge in [-0.2, -0.15) is 0 Å². The van der Waals surface area contributed by atoms with E-state index < -0.39 is 0 Å². The third-order valence-electron chi connectivity index (χ3n) is 3.50. The van der Waals surface area contributed by atoms with Crippen LogP contribution in [0, 0.1) is 0 Å². The van der Waals surface area contributed by atoms with E-state index in [0.717, 1.165) is 28.6 Å². The van der Waals surface area contributed by atoms with Crippen LogP contribution in [0.1, 0.15) is 11.3 Å². The van der Waals surface area contributed by atoms with E-state index in [9.17, 15) is 0 Å². The Hall–Kier alpha value is -0.650. The zero-order valence-corrected chi connectivity index (χ0v) is 16.6. The van der Waals surface area contributed by atoms with Crippen LogP contribution in [-0.2, 0) is 13.0 Å². The van der Waals surface area contributed by atoms with Crippen LogP contribution >= 0.6 is 57.9 Å². The van der Waals surface area contributed by atoms with Crippen molar-refractivity contribution in [2.75, 3.05) is 0 Å². The van der Waals surface area contributed by atoms with Gasteiger partial charge in [0.1, 0.15) is 0 Å². The van der Waals surface area contributed by atoms with E-state index in [1.807, 2.05) is 30.7 Å². The fraction of sp³-hybridized carbons (Fsp3) is 0.235. The van der Waals surface area contributed by atoms with Crippen molar-refractivity contribution >= 4 is 57.9 Å². The van der Waals surface area contributed by atoms with E-state index in [0.29, 0.717) is 15.3 Å². The summed E-state index contributed by atoms with van der Waals surface area (Å²) in [6, 6.07) is 9.71. The monoisotopic (exact) mass is 416 g/mol. The van der Waals surface area contributed by atoms with Crippen LogP contribution in [0.5, 0.6) is 0 Å². The number of rotatable bonds is 7. The smallest absolute Gasteiger partial charge is 0.0946 e. The van der Waals surface area contributed by atoms with E-state index in [2.05, 4.69) is 15.6 Å². The Balaban J connectivity index is 1.71. The van der Waals surface area contributed by atoms with Crippen LogP contribution in [0.15, 0.2) is 53.9 Å². The van der Waals surface area contributed by atoms with E-state index in [-0.39, 0.29) is 0 Å². The Bertz CT molecular complexity index is 787. The molecule has 0 saturated carbocycles. The van der Waals surface area contributed by atoms with Gasteiger partial charge in [0.05, 0.1) is 15.7 Å². The second-order valence-electron chi connectivity index (χ2n) is 5.32. The van der Waals surface area contributed by atoms with Gasteiger partial charge in [-0.3, -0.25) is 0 Å². The molecule has 1 aromatic carbocycles. The van der Waals surface area contributed by atoms with Crippen molar-refractivity contribution in [3.05, 3.63) is 68.3 Å². The van der Waals surface area contributed by atoms with Gasteiger partial charge in [0.25, 0.3) is 0 Å². The summed E-state index contributed by atoms with van der Waals surface area (Å²) in [6.07, 6.45) is 7.65. The van der Waals surface area contributed by atoms with Crippen LogP contribution in [0.2, 0.25) is 14.4 Å². The van der Waals surface area contributed by atoms with E-state index in [4.69, 9.17) is 34.8 Å². The third kappa shape index (κ3) is 5.17. The van der Waals surface area contributed by atoms with Gasteiger partial charge in [-0.05, 0) is 43.2 Å². The molecule has 126 valence electrons. The summed E-state index contributed by atoms with van der Waals surface area (Å²) in [5.41, 5.74) is 0. The lowest BCUT2D eigenvalue weighted by atomic mass is 10.2. The summed E-state index contributed by atoms with van der Waals surface area (Å²) < 4.78 is 2.94. The normalized spacial score (nSPS) is 12.5. The Morgan fingerprint density at radius 2 is 2.04 bits per heavy atom. The number of hydrogen-bond acceptors (Lipinski definition) is 3. The molecule has 7 heteroatoms. The van der Waals surface area contributed by atoms with Gasteiger partial charge in [-0.15, -0.1) is 23.1 Å². The summed E-state index contributed by atoms with van der Waals surface area (Å²) in [6.45, 7) is 0.878. The van der Waals surface area contributed by atoms with Crippen molar-refractivity contribution in [3.63, 3.8) is 0 Å². The highest BCUT2D eigenvalue weighted by Gasteiger charge is 2.15. The minimum absolute atomic E-state index is 0.374. The first-order valence-electron chi connectivity index (χ1n) is 7.42. The Morgan fingerprint density at radius 3 is 2.71 bits per heavy atom. The van der Waals surface area contributed by atoms with Crippen molar-refractivity contribution in [1.82, 2.24) is 9.55 Å². The van der Waals surface area contributed by atoms with Crippen molar-refractivity contribution in [1.29, 1.82) is 0 Å². The Labute approximate surface area is 164 Å². The summed E-state index contributed by atoms with van der Waals surface area (Å²) in [5.74, 6) is 0. The lowest BCUT2D eigenvalue weighted by Crippen LogP contribution is -2.13. The van der Waals surface area contributed by atoms with Gasteiger partial charge in [0, 0.05) is 39.0 Å². The number of hydrogen-bond donors (Lipinski definition) is 0. The summed E-state index contributed by atoms with van der Waals surface area (Å²) in [7, 11) is 0. The maximum atomic E-state index is 6.34. The molecule has 2 heterocycles. The van der Waals surface area contributed by atoms with Crippen LogP contribution in [0.25, 0.3) is 0 Å². The van der Waals surface area contributed by atoms with Crippen LogP contribution in [0.4, 0.5) is 0 Å². The first-order chi connectivity index (χ1) is 11.6. The second-order valence-corrected chi connectivity index (χ2v) is 9.30. The van der Waals surface area contributed by atoms with Crippen LogP contribution < -0.4 is 0 Å². The lowest BCUT2D eigenvalue weighted by molar-refractivity contribution is 0.626. The average Bonchev–Trinajstić information content (AvgIpc) is 3.19. The Morgan fingerprint density at radius 1 is 1.17 bits per heavy atom. The fourth-order valence-electron chi connectivity index (χ4n) is 2.36. The van der Waals surface area contributed by atoms with Gasteiger partial charge >= 0.3 is 0 Å². The van der Waals surface area contributed by atoms with Crippen molar-refractivity contribution in [2.24, 2.45) is 0 Å². The van der Waals surface area contributed by atoms with Crippen molar-refractivity contribution in [3.8, 4) is 0 Å². The Kier molecular flexibility index (Phi) is 6.53. The molecule has 0 fully saturated rings. The number of nitrogens with zero attached hydrogens (tertiary/aromatic N) is 2. The van der Waals surface area contributed by atoms with Gasteiger partial charge in [-0.1, -0.05) is 34.8 Å². The van der Waals surface area contributed by atoms with E-state index in [1.54, 1.807) is 35.4 Å². The number of benzene rings is 1. The number of thioether (sulfide) groups is 1. The number of aryl methyl sites for hydroxylation is 1. The van der Waals surface area contributed by atoms with Gasteiger partial charge < -0.3 is 4.57 Å². The quantitative estimate of drug-likeness (QED) is 0.398. The molecule has 3 rings (SSSR count). The molecule has 1 atom stereocenters. The molecule has 0 aliphatic carbocycles. The maximum absolute atomic E-state index is 6.34. The topological polar surface area (TPSA) is 17.8 Å². The first kappa shape index (κ1) is 18.2. The molecule has 0 radical (unpaired) electrons. The van der Waals surface area contributed by atoms with Crippen molar-refractivity contribution in [2.45, 2.75) is 29.5 Å². The van der Waals surface area contributed by atoms with Gasteiger partial charge in [0.15, 0.2) is 0 Å². The van der Waals surface area contributed by atoms with Gasteiger partial charge in [0.2, 0.25) is 0 Å². The number of aromatic nitrogens is 2. The second kappa shape index (κ2) is 8.63. The zero-order chi connectivity index (χ0) is 16.9. The lowest BCUT2D eigenvalue weighted by Gasteiger charge is -2.18. The molecule has 0 bridgehead atoms. The molecular formula is C17H15Cl3N2S2. The molecule has 0 saturated heterocycles. The molecule has 24 heavy (non-hydrogen) atoms. The fourth-order valence-corrected chi connectivity index (χ4v) is 5.16. The number of halogens is 3. The summed E-state index contributed by atoms with van der Waals surface area (Å²) in [5, 5.41) is 1.73. The van der Waals surface area contributed by atoms with E-state index >= 15 is 0 Å². The zero-order valence-electron chi connectivity index (χ0n) is 12.7. The minimum atomic E-state index is 0.374. The highest BCUT2D eigenvalue weighted by molar-refractivity contribution is 8.00. The summed E-state index contributed by atoms with van der Waals surface area (Å²) in [4.78, 5) is 6.48.